The maximum absolute atomic E-state index is 6.20. The normalized spacial score (nSPS) is 15.3. The minimum atomic E-state index is 0.486. The number of hydrogen-bond donors (Lipinski definition) is 1. The van der Waals surface area contributed by atoms with Gasteiger partial charge in [0.25, 0.3) is 0 Å². The molecular formula is C14H20ClNO. The van der Waals surface area contributed by atoms with Gasteiger partial charge in [-0.25, -0.2) is 0 Å². The SMILES string of the molecule is CC(C)NCc1ccc(OCC2CC2)c(Cl)c1. The van der Waals surface area contributed by atoms with Gasteiger partial charge in [-0.05, 0) is 36.5 Å². The second-order valence-corrected chi connectivity index (χ2v) is 5.46. The maximum Gasteiger partial charge on any atom is 0.137 e. The summed E-state index contributed by atoms with van der Waals surface area (Å²) in [6, 6.07) is 6.52. The molecule has 94 valence electrons. The Kier molecular flexibility index (Phi) is 4.30. The first kappa shape index (κ1) is 12.7. The van der Waals surface area contributed by atoms with E-state index in [9.17, 15) is 0 Å². The molecule has 0 unspecified atom stereocenters. The third kappa shape index (κ3) is 4.21. The Labute approximate surface area is 108 Å². The summed E-state index contributed by atoms with van der Waals surface area (Å²) in [6.07, 6.45) is 2.60. The molecule has 1 fully saturated rings. The topological polar surface area (TPSA) is 21.3 Å². The minimum absolute atomic E-state index is 0.486. The summed E-state index contributed by atoms with van der Waals surface area (Å²) in [5, 5.41) is 4.09. The van der Waals surface area contributed by atoms with E-state index in [4.69, 9.17) is 16.3 Å². The van der Waals surface area contributed by atoms with Crippen molar-refractivity contribution in [3.8, 4) is 5.75 Å². The fraction of sp³-hybridized carbons (Fsp3) is 0.571. The van der Waals surface area contributed by atoms with Crippen LogP contribution in [0.15, 0.2) is 18.2 Å². The van der Waals surface area contributed by atoms with Gasteiger partial charge in [0.1, 0.15) is 5.75 Å². The molecular weight excluding hydrogens is 234 g/mol. The van der Waals surface area contributed by atoms with Crippen LogP contribution in [0.25, 0.3) is 0 Å². The Hall–Kier alpha value is -0.730. The molecule has 0 atom stereocenters. The van der Waals surface area contributed by atoms with Crippen molar-refractivity contribution < 1.29 is 4.74 Å². The van der Waals surface area contributed by atoms with Gasteiger partial charge in [0, 0.05) is 12.6 Å². The Bertz CT molecular complexity index is 374. The van der Waals surface area contributed by atoms with E-state index in [0.717, 1.165) is 24.8 Å². The fourth-order valence-corrected chi connectivity index (χ4v) is 1.84. The Morgan fingerprint density at radius 2 is 2.18 bits per heavy atom. The lowest BCUT2D eigenvalue weighted by Gasteiger charge is -2.11. The van der Waals surface area contributed by atoms with E-state index in [0.29, 0.717) is 11.1 Å². The van der Waals surface area contributed by atoms with E-state index in [-0.39, 0.29) is 0 Å². The van der Waals surface area contributed by atoms with Gasteiger partial charge in [-0.15, -0.1) is 0 Å². The zero-order chi connectivity index (χ0) is 12.3. The van der Waals surface area contributed by atoms with Crippen LogP contribution in [-0.2, 0) is 6.54 Å². The summed E-state index contributed by atoms with van der Waals surface area (Å²) in [5.74, 6) is 1.57. The van der Waals surface area contributed by atoms with Crippen molar-refractivity contribution >= 4 is 11.6 Å². The van der Waals surface area contributed by atoms with Crippen LogP contribution in [0.1, 0.15) is 32.3 Å². The number of nitrogens with one attached hydrogen (secondary N) is 1. The number of hydrogen-bond acceptors (Lipinski definition) is 2. The summed E-state index contributed by atoms with van der Waals surface area (Å²) in [7, 11) is 0. The zero-order valence-corrected chi connectivity index (χ0v) is 11.3. The van der Waals surface area contributed by atoms with Crippen molar-refractivity contribution in [3.05, 3.63) is 28.8 Å². The van der Waals surface area contributed by atoms with E-state index in [1.807, 2.05) is 12.1 Å². The summed E-state index contributed by atoms with van der Waals surface area (Å²) >= 11 is 6.20. The summed E-state index contributed by atoms with van der Waals surface area (Å²) < 4.78 is 5.69. The molecule has 0 bridgehead atoms. The maximum atomic E-state index is 6.20. The van der Waals surface area contributed by atoms with Gasteiger partial charge in [0.2, 0.25) is 0 Å². The van der Waals surface area contributed by atoms with Crippen molar-refractivity contribution in [1.29, 1.82) is 0 Å². The van der Waals surface area contributed by atoms with E-state index in [1.165, 1.54) is 18.4 Å². The summed E-state index contributed by atoms with van der Waals surface area (Å²) in [4.78, 5) is 0. The van der Waals surface area contributed by atoms with Crippen LogP contribution in [0.4, 0.5) is 0 Å². The third-order valence-corrected chi connectivity index (χ3v) is 3.18. The first-order valence-corrected chi connectivity index (χ1v) is 6.67. The Morgan fingerprint density at radius 1 is 1.41 bits per heavy atom. The summed E-state index contributed by atoms with van der Waals surface area (Å²) in [6.45, 7) is 5.92. The largest absolute Gasteiger partial charge is 0.492 e. The monoisotopic (exact) mass is 253 g/mol. The van der Waals surface area contributed by atoms with Gasteiger partial charge in [0.05, 0.1) is 11.6 Å². The van der Waals surface area contributed by atoms with Crippen molar-refractivity contribution in [2.24, 2.45) is 5.92 Å². The van der Waals surface area contributed by atoms with Crippen LogP contribution >= 0.6 is 11.6 Å². The van der Waals surface area contributed by atoms with Crippen molar-refractivity contribution in [3.63, 3.8) is 0 Å². The molecule has 1 aliphatic rings. The van der Waals surface area contributed by atoms with Crippen LogP contribution < -0.4 is 10.1 Å². The fourth-order valence-electron chi connectivity index (χ4n) is 1.59. The number of rotatable bonds is 6. The molecule has 0 heterocycles. The zero-order valence-electron chi connectivity index (χ0n) is 10.5. The highest BCUT2D eigenvalue weighted by Gasteiger charge is 2.22. The Balaban J connectivity index is 1.90. The van der Waals surface area contributed by atoms with Crippen molar-refractivity contribution in [2.75, 3.05) is 6.61 Å². The van der Waals surface area contributed by atoms with E-state index in [2.05, 4.69) is 25.2 Å². The van der Waals surface area contributed by atoms with Crippen LogP contribution in [0.3, 0.4) is 0 Å². The van der Waals surface area contributed by atoms with Gasteiger partial charge in [0.15, 0.2) is 0 Å². The van der Waals surface area contributed by atoms with Gasteiger partial charge in [-0.2, -0.15) is 0 Å². The molecule has 0 amide bonds. The van der Waals surface area contributed by atoms with Gasteiger partial charge in [-0.1, -0.05) is 31.5 Å². The molecule has 1 saturated carbocycles. The smallest absolute Gasteiger partial charge is 0.137 e. The van der Waals surface area contributed by atoms with Gasteiger partial charge in [-0.3, -0.25) is 0 Å². The number of ether oxygens (including phenoxy) is 1. The summed E-state index contributed by atoms with van der Waals surface area (Å²) in [5.41, 5.74) is 1.20. The molecule has 2 rings (SSSR count). The molecule has 1 aliphatic carbocycles. The highest BCUT2D eigenvalue weighted by molar-refractivity contribution is 6.32. The first-order valence-electron chi connectivity index (χ1n) is 6.30. The molecule has 1 N–H and O–H groups in total. The van der Waals surface area contributed by atoms with Crippen LogP contribution in [-0.4, -0.2) is 12.6 Å². The molecule has 17 heavy (non-hydrogen) atoms. The number of benzene rings is 1. The lowest BCUT2D eigenvalue weighted by atomic mass is 10.2. The van der Waals surface area contributed by atoms with E-state index >= 15 is 0 Å². The number of halogens is 1. The van der Waals surface area contributed by atoms with Gasteiger partial charge < -0.3 is 10.1 Å². The first-order chi connectivity index (χ1) is 8.15. The molecule has 2 nitrogen and oxygen atoms in total. The predicted octanol–water partition coefficient (Wildman–Crippen LogP) is 3.63. The molecule has 0 aromatic heterocycles. The van der Waals surface area contributed by atoms with Crippen LogP contribution in [0, 0.1) is 5.92 Å². The molecule has 0 saturated heterocycles. The highest BCUT2D eigenvalue weighted by atomic mass is 35.5. The average molecular weight is 254 g/mol. The predicted molar refractivity (Wildman–Crippen MR) is 71.6 cm³/mol. The second kappa shape index (κ2) is 5.74. The van der Waals surface area contributed by atoms with E-state index < -0.39 is 0 Å². The highest BCUT2D eigenvalue weighted by Crippen LogP contribution is 2.32. The second-order valence-electron chi connectivity index (χ2n) is 5.05. The van der Waals surface area contributed by atoms with Gasteiger partial charge >= 0.3 is 0 Å². The Morgan fingerprint density at radius 3 is 2.76 bits per heavy atom. The molecule has 1 aromatic rings. The average Bonchev–Trinajstić information content (AvgIpc) is 3.09. The molecule has 1 aromatic carbocycles. The molecule has 0 spiro atoms. The lowest BCUT2D eigenvalue weighted by molar-refractivity contribution is 0.300. The quantitative estimate of drug-likeness (QED) is 0.836. The van der Waals surface area contributed by atoms with E-state index in [1.54, 1.807) is 0 Å². The van der Waals surface area contributed by atoms with Crippen molar-refractivity contribution in [2.45, 2.75) is 39.3 Å². The molecule has 0 aliphatic heterocycles. The van der Waals surface area contributed by atoms with Crippen molar-refractivity contribution in [1.82, 2.24) is 5.32 Å². The molecule has 0 radical (unpaired) electrons. The molecule has 3 heteroatoms. The van der Waals surface area contributed by atoms with Crippen LogP contribution in [0.2, 0.25) is 5.02 Å². The van der Waals surface area contributed by atoms with Crippen LogP contribution in [0.5, 0.6) is 5.75 Å². The lowest BCUT2D eigenvalue weighted by Crippen LogP contribution is -2.21. The third-order valence-electron chi connectivity index (χ3n) is 2.88. The standard InChI is InChI=1S/C14H20ClNO/c1-10(2)16-8-12-5-6-14(13(15)7-12)17-9-11-3-4-11/h5-7,10-11,16H,3-4,8-9H2,1-2H3. The minimum Gasteiger partial charge on any atom is -0.492 e.